The second-order valence-electron chi connectivity index (χ2n) is 2.38. The Labute approximate surface area is 75.8 Å². The first kappa shape index (κ1) is 9.01. The van der Waals surface area contributed by atoms with Crippen molar-refractivity contribution in [3.63, 3.8) is 0 Å². The van der Waals surface area contributed by atoms with Gasteiger partial charge in [-0.1, -0.05) is 11.8 Å². The van der Waals surface area contributed by atoms with Crippen LogP contribution in [0.2, 0.25) is 0 Å². The minimum absolute atomic E-state index is 0.479. The molecular weight excluding hydrogens is 170 g/mol. The highest BCUT2D eigenvalue weighted by Gasteiger charge is 2.05. The second-order valence-corrected chi connectivity index (χ2v) is 3.15. The molecule has 0 bridgehead atoms. The van der Waals surface area contributed by atoms with Crippen LogP contribution >= 0.6 is 11.8 Å². The van der Waals surface area contributed by atoms with Crippen LogP contribution in [-0.2, 0) is 0 Å². The number of aromatic nitrogens is 2. The number of aryl methyl sites for hydroxylation is 1. The Morgan fingerprint density at radius 1 is 1.33 bits per heavy atom. The largest absolute Gasteiger partial charge is 0.228 e. The zero-order valence-corrected chi connectivity index (χ0v) is 8.07. The topological polar surface area (TPSA) is 49.6 Å². The Bertz CT molecular complexity index is 341. The van der Waals surface area contributed by atoms with E-state index < -0.39 is 0 Å². The number of nitrogens with zero attached hydrogens (tertiary/aromatic N) is 3. The summed E-state index contributed by atoms with van der Waals surface area (Å²) in [7, 11) is 0. The predicted octanol–water partition coefficient (Wildman–Crippen LogP) is 1.69. The maximum absolute atomic E-state index is 8.71. The minimum Gasteiger partial charge on any atom is -0.228 e. The van der Waals surface area contributed by atoms with Gasteiger partial charge in [-0.15, -0.1) is 0 Å². The number of thioether (sulfide) groups is 1. The molecule has 0 amide bonds. The van der Waals surface area contributed by atoms with Crippen molar-refractivity contribution in [2.75, 3.05) is 6.26 Å². The van der Waals surface area contributed by atoms with E-state index in [0.717, 1.165) is 11.3 Å². The molecule has 0 saturated carbocycles. The number of hydrogen-bond acceptors (Lipinski definition) is 4. The lowest BCUT2D eigenvalue weighted by molar-refractivity contribution is 0.902. The lowest BCUT2D eigenvalue weighted by atomic mass is 10.2. The van der Waals surface area contributed by atoms with Crippen molar-refractivity contribution in [1.29, 1.82) is 5.26 Å². The van der Waals surface area contributed by atoms with Crippen LogP contribution in [0.5, 0.6) is 0 Å². The molecule has 0 spiro atoms. The Hall–Kier alpha value is -1.08. The Kier molecular flexibility index (Phi) is 2.66. The SMILES string of the molecule is CSc1nc(C)c(C)c(C#N)n1. The summed E-state index contributed by atoms with van der Waals surface area (Å²) in [6.07, 6.45) is 1.89. The fourth-order valence-electron chi connectivity index (χ4n) is 0.803. The zero-order chi connectivity index (χ0) is 9.14. The molecule has 0 atom stereocenters. The minimum atomic E-state index is 0.479. The van der Waals surface area contributed by atoms with E-state index in [1.54, 1.807) is 0 Å². The average Bonchev–Trinajstić information content (AvgIpc) is 2.09. The molecule has 0 unspecified atom stereocenters. The van der Waals surface area contributed by atoms with Gasteiger partial charge in [0.15, 0.2) is 5.16 Å². The summed E-state index contributed by atoms with van der Waals surface area (Å²) >= 11 is 1.45. The average molecular weight is 179 g/mol. The lowest BCUT2D eigenvalue weighted by Gasteiger charge is -2.02. The molecule has 0 saturated heterocycles. The van der Waals surface area contributed by atoms with Gasteiger partial charge in [0.05, 0.1) is 0 Å². The normalized spacial score (nSPS) is 9.50. The molecule has 4 heteroatoms. The maximum atomic E-state index is 8.71. The summed E-state index contributed by atoms with van der Waals surface area (Å²) < 4.78 is 0. The Morgan fingerprint density at radius 2 is 2.00 bits per heavy atom. The molecule has 1 rings (SSSR count). The molecule has 0 radical (unpaired) electrons. The van der Waals surface area contributed by atoms with E-state index >= 15 is 0 Å². The van der Waals surface area contributed by atoms with Gasteiger partial charge in [0.1, 0.15) is 11.8 Å². The van der Waals surface area contributed by atoms with Crippen molar-refractivity contribution in [3.05, 3.63) is 17.0 Å². The van der Waals surface area contributed by atoms with Crippen LogP contribution in [-0.4, -0.2) is 16.2 Å². The number of nitriles is 1. The van der Waals surface area contributed by atoms with E-state index in [1.165, 1.54) is 11.8 Å². The molecule has 3 nitrogen and oxygen atoms in total. The highest BCUT2D eigenvalue weighted by atomic mass is 32.2. The third-order valence-corrected chi connectivity index (χ3v) is 2.20. The molecular formula is C8H9N3S. The molecule has 0 aromatic carbocycles. The molecule has 0 N–H and O–H groups in total. The van der Waals surface area contributed by atoms with Gasteiger partial charge in [-0.3, -0.25) is 0 Å². The highest BCUT2D eigenvalue weighted by molar-refractivity contribution is 7.98. The molecule has 0 aliphatic carbocycles. The van der Waals surface area contributed by atoms with E-state index in [9.17, 15) is 0 Å². The van der Waals surface area contributed by atoms with Crippen molar-refractivity contribution in [2.24, 2.45) is 0 Å². The first-order valence-electron chi connectivity index (χ1n) is 3.48. The van der Waals surface area contributed by atoms with Crippen LogP contribution < -0.4 is 0 Å². The van der Waals surface area contributed by atoms with Crippen LogP contribution in [0.15, 0.2) is 5.16 Å². The fourth-order valence-corrected chi connectivity index (χ4v) is 1.21. The van der Waals surface area contributed by atoms with Crippen LogP contribution in [0, 0.1) is 25.2 Å². The van der Waals surface area contributed by atoms with E-state index in [1.807, 2.05) is 26.2 Å². The van der Waals surface area contributed by atoms with Crippen LogP contribution in [0.25, 0.3) is 0 Å². The molecule has 0 aliphatic rings. The highest BCUT2D eigenvalue weighted by Crippen LogP contribution is 2.13. The monoisotopic (exact) mass is 179 g/mol. The van der Waals surface area contributed by atoms with Crippen molar-refractivity contribution >= 4 is 11.8 Å². The molecule has 0 aliphatic heterocycles. The summed E-state index contributed by atoms with van der Waals surface area (Å²) in [5, 5.41) is 9.38. The summed E-state index contributed by atoms with van der Waals surface area (Å²) in [6.45, 7) is 3.75. The maximum Gasteiger partial charge on any atom is 0.188 e. The van der Waals surface area contributed by atoms with E-state index in [4.69, 9.17) is 5.26 Å². The van der Waals surface area contributed by atoms with Gasteiger partial charge < -0.3 is 0 Å². The second kappa shape index (κ2) is 3.55. The van der Waals surface area contributed by atoms with Gasteiger partial charge >= 0.3 is 0 Å². The van der Waals surface area contributed by atoms with Crippen molar-refractivity contribution in [3.8, 4) is 6.07 Å². The quantitative estimate of drug-likeness (QED) is 0.486. The molecule has 1 aromatic rings. The summed E-state index contributed by atoms with van der Waals surface area (Å²) in [4.78, 5) is 8.26. The summed E-state index contributed by atoms with van der Waals surface area (Å²) in [5.74, 6) is 0. The first-order chi connectivity index (χ1) is 5.69. The molecule has 62 valence electrons. The third-order valence-electron chi connectivity index (χ3n) is 1.66. The molecule has 1 heterocycles. The van der Waals surface area contributed by atoms with Gasteiger partial charge in [0.2, 0.25) is 0 Å². The van der Waals surface area contributed by atoms with Crippen molar-refractivity contribution in [1.82, 2.24) is 9.97 Å². The van der Waals surface area contributed by atoms with Crippen molar-refractivity contribution in [2.45, 2.75) is 19.0 Å². The van der Waals surface area contributed by atoms with Crippen LogP contribution in [0.4, 0.5) is 0 Å². The third kappa shape index (κ3) is 1.56. The molecule has 12 heavy (non-hydrogen) atoms. The Morgan fingerprint density at radius 3 is 2.50 bits per heavy atom. The summed E-state index contributed by atoms with van der Waals surface area (Å²) in [6, 6.07) is 2.05. The Balaban J connectivity index is 3.31. The van der Waals surface area contributed by atoms with Gasteiger partial charge in [-0.2, -0.15) is 5.26 Å². The van der Waals surface area contributed by atoms with E-state index in [2.05, 4.69) is 9.97 Å². The summed E-state index contributed by atoms with van der Waals surface area (Å²) in [5.41, 5.74) is 2.23. The van der Waals surface area contributed by atoms with Gasteiger partial charge in [0, 0.05) is 11.3 Å². The van der Waals surface area contributed by atoms with E-state index in [0.29, 0.717) is 10.9 Å². The van der Waals surface area contributed by atoms with Gasteiger partial charge in [0.25, 0.3) is 0 Å². The fraction of sp³-hybridized carbons (Fsp3) is 0.375. The van der Waals surface area contributed by atoms with Crippen LogP contribution in [0.1, 0.15) is 17.0 Å². The zero-order valence-electron chi connectivity index (χ0n) is 7.25. The standard InChI is InChI=1S/C8H9N3S/c1-5-6(2)10-8(12-3)11-7(5)4-9/h1-3H3. The lowest BCUT2D eigenvalue weighted by Crippen LogP contribution is -1.98. The van der Waals surface area contributed by atoms with Crippen LogP contribution in [0.3, 0.4) is 0 Å². The predicted molar refractivity (Wildman–Crippen MR) is 48.0 cm³/mol. The smallest absolute Gasteiger partial charge is 0.188 e. The molecule has 1 aromatic heterocycles. The van der Waals surface area contributed by atoms with E-state index in [-0.39, 0.29) is 0 Å². The van der Waals surface area contributed by atoms with Gasteiger partial charge in [-0.25, -0.2) is 9.97 Å². The number of hydrogen-bond donors (Lipinski definition) is 0. The molecule has 0 fully saturated rings. The van der Waals surface area contributed by atoms with Crippen molar-refractivity contribution < 1.29 is 0 Å². The van der Waals surface area contributed by atoms with Gasteiger partial charge in [-0.05, 0) is 20.1 Å². The number of rotatable bonds is 1. The first-order valence-corrected chi connectivity index (χ1v) is 4.71.